The van der Waals surface area contributed by atoms with Crippen LogP contribution in [0.25, 0.3) is 0 Å². The molecule has 0 aromatic rings. The van der Waals surface area contributed by atoms with E-state index in [9.17, 15) is 33.6 Å². The van der Waals surface area contributed by atoms with E-state index in [-0.39, 0.29) is 59.8 Å². The lowest BCUT2D eigenvalue weighted by Gasteiger charge is -2.64. The Balaban J connectivity index is 1.65. The second-order valence-corrected chi connectivity index (χ2v) is 21.7. The van der Waals surface area contributed by atoms with E-state index in [1.807, 2.05) is 0 Å². The minimum absolute atomic E-state index is 0.0495. The van der Waals surface area contributed by atoms with E-state index < -0.39 is 83.3 Å². The van der Waals surface area contributed by atoms with E-state index in [2.05, 4.69) is 36.7 Å². The monoisotopic (exact) mass is 878 g/mol. The van der Waals surface area contributed by atoms with Gasteiger partial charge in [0.25, 0.3) is 0 Å². The quantitative estimate of drug-likeness (QED) is 0.124. The standard InChI is InChI=1S/C46H75N3O13/c1-26(14-15-27(2)50)30-16-17-31-38-32(22-34(46(30,31)13)59-37(53)25-49-41(56)62-44(9,10)11)45(12)19-18-29(57-35(51)23-47-39(54)60-42(3,4)5)20-28(45)21-33(38)58-36(52)24-48-40(55)61-43(6,7)8/h26,28-34,38H,14-25H2,1-13H3,(H,47,54)(H,48,55)(H,49,56)/t26-,28+,29-,30-,31+,32+,33-,34+,38+,45+,46-/m1/s1. The first kappa shape index (κ1) is 50.5. The molecule has 4 aliphatic rings. The minimum atomic E-state index is -0.763. The van der Waals surface area contributed by atoms with Crippen molar-refractivity contribution in [3.05, 3.63) is 0 Å². The van der Waals surface area contributed by atoms with Crippen molar-refractivity contribution >= 4 is 42.0 Å². The van der Waals surface area contributed by atoms with Crippen LogP contribution in [0.1, 0.15) is 148 Å². The Bertz CT molecular complexity index is 1660. The van der Waals surface area contributed by atoms with Crippen LogP contribution < -0.4 is 16.0 Å². The predicted octanol–water partition coefficient (Wildman–Crippen LogP) is 7.18. The van der Waals surface area contributed by atoms with Crippen molar-refractivity contribution in [2.75, 3.05) is 19.6 Å². The maximum atomic E-state index is 13.7. The van der Waals surface area contributed by atoms with Crippen molar-refractivity contribution in [1.82, 2.24) is 16.0 Å². The van der Waals surface area contributed by atoms with E-state index in [4.69, 9.17) is 28.4 Å². The van der Waals surface area contributed by atoms with Gasteiger partial charge < -0.3 is 49.2 Å². The largest absolute Gasteiger partial charge is 0.461 e. The number of esters is 3. The van der Waals surface area contributed by atoms with Crippen LogP contribution in [0.5, 0.6) is 0 Å². The molecule has 0 aromatic carbocycles. The van der Waals surface area contributed by atoms with Gasteiger partial charge in [-0.25, -0.2) is 14.4 Å². The molecule has 0 spiro atoms. The molecule has 0 unspecified atom stereocenters. The van der Waals surface area contributed by atoms with E-state index >= 15 is 0 Å². The molecule has 3 amide bonds. The lowest BCUT2D eigenvalue weighted by Crippen LogP contribution is -2.64. The molecular formula is C46H75N3O13. The van der Waals surface area contributed by atoms with E-state index in [1.54, 1.807) is 69.2 Å². The fourth-order valence-electron chi connectivity index (χ4n) is 11.1. The van der Waals surface area contributed by atoms with E-state index in [0.717, 1.165) is 12.8 Å². The SMILES string of the molecule is CC(=O)CC[C@@H](C)[C@H]1CC[C@H]2[C@@H]3[C@H](OC(=O)CNC(=O)OC(C)(C)C)C[C@@H]4C[C@H](OC(=O)CNC(=O)OC(C)(C)C)CC[C@]4(C)[C@H]3C[C@H](OC(=O)CNC(=O)OC(C)(C)C)[C@]12C. The van der Waals surface area contributed by atoms with Crippen molar-refractivity contribution in [2.24, 2.45) is 46.3 Å². The molecule has 352 valence electrons. The Morgan fingerprint density at radius 3 is 1.60 bits per heavy atom. The molecule has 11 atom stereocenters. The number of hydrogen-bond donors (Lipinski definition) is 3. The van der Waals surface area contributed by atoms with Crippen LogP contribution in [-0.2, 0) is 47.6 Å². The number of fused-ring (bicyclic) bond motifs is 5. The summed E-state index contributed by atoms with van der Waals surface area (Å²) < 4.78 is 34.8. The van der Waals surface area contributed by atoms with Gasteiger partial charge in [-0.1, -0.05) is 20.8 Å². The number of nitrogens with one attached hydrogen (secondary N) is 3. The van der Waals surface area contributed by atoms with Crippen LogP contribution in [0.4, 0.5) is 14.4 Å². The number of carbonyl (C=O) groups is 7. The highest BCUT2D eigenvalue weighted by atomic mass is 16.6. The van der Waals surface area contributed by atoms with Crippen LogP contribution >= 0.6 is 0 Å². The number of ether oxygens (including phenoxy) is 6. The first-order valence-electron chi connectivity index (χ1n) is 22.5. The molecule has 4 fully saturated rings. The first-order valence-corrected chi connectivity index (χ1v) is 22.5. The molecule has 16 heteroatoms. The van der Waals surface area contributed by atoms with Gasteiger partial charge in [0.1, 0.15) is 60.5 Å². The molecule has 0 saturated heterocycles. The predicted molar refractivity (Wildman–Crippen MR) is 227 cm³/mol. The number of amides is 3. The molecule has 62 heavy (non-hydrogen) atoms. The van der Waals surface area contributed by atoms with Gasteiger partial charge in [-0.2, -0.15) is 0 Å². The Morgan fingerprint density at radius 2 is 1.11 bits per heavy atom. The zero-order valence-corrected chi connectivity index (χ0v) is 39.5. The average Bonchev–Trinajstić information content (AvgIpc) is 3.48. The van der Waals surface area contributed by atoms with Gasteiger partial charge in [0.2, 0.25) is 0 Å². The number of ketones is 1. The number of carbonyl (C=O) groups excluding carboxylic acids is 7. The number of rotatable bonds is 13. The highest BCUT2D eigenvalue weighted by molar-refractivity contribution is 5.79. The molecule has 3 N–H and O–H groups in total. The fraction of sp³-hybridized carbons (Fsp3) is 0.848. The van der Waals surface area contributed by atoms with Crippen LogP contribution in [-0.4, -0.2) is 96.7 Å². The highest BCUT2D eigenvalue weighted by Gasteiger charge is 2.68. The van der Waals surface area contributed by atoms with Crippen molar-refractivity contribution in [1.29, 1.82) is 0 Å². The summed E-state index contributed by atoms with van der Waals surface area (Å²) in [5.74, 6) is -1.85. The van der Waals surface area contributed by atoms with Gasteiger partial charge in [-0.05, 0) is 156 Å². The zero-order valence-electron chi connectivity index (χ0n) is 39.5. The molecule has 16 nitrogen and oxygen atoms in total. The van der Waals surface area contributed by atoms with Gasteiger partial charge in [-0.3, -0.25) is 14.4 Å². The molecule has 0 aromatic heterocycles. The molecule has 0 aliphatic heterocycles. The first-order chi connectivity index (χ1) is 28.5. The Hall–Kier alpha value is -4.11. The lowest BCUT2D eigenvalue weighted by atomic mass is 9.43. The van der Waals surface area contributed by atoms with E-state index in [1.165, 1.54) is 0 Å². The summed E-state index contributed by atoms with van der Waals surface area (Å²) >= 11 is 0. The van der Waals surface area contributed by atoms with Crippen LogP contribution in [0, 0.1) is 46.3 Å². The number of alkyl carbamates (subject to hydrolysis) is 3. The molecule has 4 saturated carbocycles. The molecule has 0 radical (unpaired) electrons. The molecule has 4 aliphatic carbocycles. The van der Waals surface area contributed by atoms with Crippen molar-refractivity contribution in [3.8, 4) is 0 Å². The third-order valence-corrected chi connectivity index (χ3v) is 13.6. The highest BCUT2D eigenvalue weighted by Crippen LogP contribution is 2.69. The Morgan fingerprint density at radius 1 is 0.629 bits per heavy atom. The smallest absolute Gasteiger partial charge is 0.408 e. The van der Waals surface area contributed by atoms with Gasteiger partial charge in [0, 0.05) is 17.8 Å². The second-order valence-electron chi connectivity index (χ2n) is 21.7. The lowest BCUT2D eigenvalue weighted by molar-refractivity contribution is -0.225. The second kappa shape index (κ2) is 19.7. The third kappa shape index (κ3) is 13.5. The fourth-order valence-corrected chi connectivity index (χ4v) is 11.1. The summed E-state index contributed by atoms with van der Waals surface area (Å²) in [5, 5.41) is 7.54. The summed E-state index contributed by atoms with van der Waals surface area (Å²) in [6.45, 7) is 22.6. The molecule has 0 heterocycles. The van der Waals surface area contributed by atoms with Crippen LogP contribution in [0.3, 0.4) is 0 Å². The average molecular weight is 878 g/mol. The maximum absolute atomic E-state index is 13.7. The molecule has 4 rings (SSSR count). The van der Waals surface area contributed by atoms with Crippen molar-refractivity contribution in [2.45, 2.75) is 183 Å². The summed E-state index contributed by atoms with van der Waals surface area (Å²) in [7, 11) is 0. The van der Waals surface area contributed by atoms with Gasteiger partial charge in [0.15, 0.2) is 0 Å². The minimum Gasteiger partial charge on any atom is -0.461 e. The summed E-state index contributed by atoms with van der Waals surface area (Å²) in [5.41, 5.74) is -3.16. The summed E-state index contributed by atoms with van der Waals surface area (Å²) in [6, 6.07) is 0. The maximum Gasteiger partial charge on any atom is 0.408 e. The normalized spacial score (nSPS) is 31.0. The van der Waals surface area contributed by atoms with Gasteiger partial charge in [-0.15, -0.1) is 0 Å². The van der Waals surface area contributed by atoms with Gasteiger partial charge in [0.05, 0.1) is 0 Å². The van der Waals surface area contributed by atoms with Crippen molar-refractivity contribution in [3.63, 3.8) is 0 Å². The number of Topliss-reactive ketones (excluding diaryl/α,β-unsaturated/α-hetero) is 1. The molecule has 0 bridgehead atoms. The number of hydrogen-bond acceptors (Lipinski definition) is 13. The summed E-state index contributed by atoms with van der Waals surface area (Å²) in [6.07, 6.45) is 1.61. The topological polar surface area (TPSA) is 211 Å². The summed E-state index contributed by atoms with van der Waals surface area (Å²) in [4.78, 5) is 89.9. The molecular weight excluding hydrogens is 803 g/mol. The van der Waals surface area contributed by atoms with Crippen LogP contribution in [0.2, 0.25) is 0 Å². The Labute approximate surface area is 368 Å². The third-order valence-electron chi connectivity index (χ3n) is 13.6. The van der Waals surface area contributed by atoms with Crippen molar-refractivity contribution < 1.29 is 62.0 Å². The van der Waals surface area contributed by atoms with Gasteiger partial charge >= 0.3 is 36.2 Å². The Kier molecular flexibility index (Phi) is 16.1. The zero-order chi connectivity index (χ0) is 46.6. The van der Waals surface area contributed by atoms with Crippen LogP contribution in [0.15, 0.2) is 0 Å². The van der Waals surface area contributed by atoms with E-state index in [0.29, 0.717) is 44.9 Å².